The number of fused-ring (bicyclic) bond motifs is 1. The first kappa shape index (κ1) is 26.4. The van der Waals surface area contributed by atoms with Crippen molar-refractivity contribution in [1.29, 1.82) is 0 Å². The van der Waals surface area contributed by atoms with Crippen LogP contribution in [-0.4, -0.2) is 38.0 Å². The van der Waals surface area contributed by atoms with E-state index in [1.54, 1.807) is 53.9 Å². The van der Waals surface area contributed by atoms with Crippen LogP contribution in [0.25, 0.3) is 22.0 Å². The summed E-state index contributed by atoms with van der Waals surface area (Å²) >= 11 is 1.26. The second-order valence-corrected chi connectivity index (χ2v) is 11.3. The van der Waals surface area contributed by atoms with Crippen molar-refractivity contribution in [2.24, 2.45) is 0 Å². The van der Waals surface area contributed by atoms with Gasteiger partial charge in [-0.3, -0.25) is 14.7 Å². The first-order valence-electron chi connectivity index (χ1n) is 12.0. The molecule has 0 atom stereocenters. The minimum Gasteiger partial charge on any atom is -0.377 e. The molecule has 0 saturated carbocycles. The number of benzene rings is 4. The van der Waals surface area contributed by atoms with Crippen LogP contribution in [0.1, 0.15) is 15.9 Å². The molecular formula is C29H26N4O4S2. The lowest BCUT2D eigenvalue weighted by Crippen LogP contribution is -2.25. The predicted octanol–water partition coefficient (Wildman–Crippen LogP) is 6.53. The highest BCUT2D eigenvalue weighted by Gasteiger charge is 2.25. The summed E-state index contributed by atoms with van der Waals surface area (Å²) in [7, 11) is -0.867. The molecule has 4 aromatic carbocycles. The van der Waals surface area contributed by atoms with Gasteiger partial charge in [0.1, 0.15) is 0 Å². The van der Waals surface area contributed by atoms with E-state index in [1.807, 2.05) is 62.3 Å². The monoisotopic (exact) mass is 558 g/mol. The fraction of sp³-hybridized carbons (Fsp3) is 0.103. The van der Waals surface area contributed by atoms with Crippen LogP contribution in [-0.2, 0) is 10.3 Å². The van der Waals surface area contributed by atoms with Crippen LogP contribution < -0.4 is 14.5 Å². The van der Waals surface area contributed by atoms with Gasteiger partial charge in [0.25, 0.3) is 5.91 Å². The molecule has 0 unspecified atom stereocenters. The molecule has 1 aromatic heterocycles. The highest BCUT2D eigenvalue weighted by molar-refractivity contribution is 7.87. The van der Waals surface area contributed by atoms with Crippen molar-refractivity contribution in [3.05, 3.63) is 101 Å². The molecule has 1 amide bonds. The van der Waals surface area contributed by atoms with Crippen molar-refractivity contribution in [2.75, 3.05) is 28.6 Å². The normalized spacial score (nSPS) is 11.4. The van der Waals surface area contributed by atoms with E-state index in [-0.39, 0.29) is 11.6 Å². The average Bonchev–Trinajstić information content (AvgIpc) is 3.37. The molecule has 0 aliphatic carbocycles. The van der Waals surface area contributed by atoms with Crippen molar-refractivity contribution in [1.82, 2.24) is 4.98 Å². The lowest BCUT2D eigenvalue weighted by Gasteiger charge is -2.24. The Morgan fingerprint density at radius 1 is 0.897 bits per heavy atom. The summed E-state index contributed by atoms with van der Waals surface area (Å²) in [4.78, 5) is 19.1. The third-order valence-electron chi connectivity index (χ3n) is 6.22. The van der Waals surface area contributed by atoms with Crippen molar-refractivity contribution in [3.63, 3.8) is 0 Å². The van der Waals surface area contributed by atoms with Gasteiger partial charge in [0, 0.05) is 47.1 Å². The zero-order valence-electron chi connectivity index (χ0n) is 21.5. The van der Waals surface area contributed by atoms with Gasteiger partial charge in [0.2, 0.25) is 0 Å². The second-order valence-electron chi connectivity index (χ2n) is 9.19. The van der Waals surface area contributed by atoms with Crippen LogP contribution in [0.3, 0.4) is 0 Å². The second kappa shape index (κ2) is 10.5. The Morgan fingerprint density at radius 2 is 1.54 bits per heavy atom. The van der Waals surface area contributed by atoms with Gasteiger partial charge < -0.3 is 4.90 Å². The molecule has 0 aliphatic rings. The molecule has 0 aliphatic heterocycles. The van der Waals surface area contributed by atoms with Crippen molar-refractivity contribution < 1.29 is 17.8 Å². The van der Waals surface area contributed by atoms with E-state index >= 15 is 0 Å². The van der Waals surface area contributed by atoms with Crippen LogP contribution in [0.5, 0.6) is 0 Å². The van der Waals surface area contributed by atoms with Gasteiger partial charge in [-0.05, 0) is 43.3 Å². The molecule has 198 valence electrons. The van der Waals surface area contributed by atoms with Crippen LogP contribution >= 0.6 is 11.3 Å². The van der Waals surface area contributed by atoms with Crippen molar-refractivity contribution in [2.45, 2.75) is 6.92 Å². The summed E-state index contributed by atoms with van der Waals surface area (Å²) in [6, 6.07) is 24.9. The number of nitrogens with zero attached hydrogens (tertiary/aromatic N) is 3. The number of amides is 1. The number of aryl methyl sites for hydroxylation is 1. The summed E-state index contributed by atoms with van der Waals surface area (Å²) in [5, 5.41) is 6.52. The molecule has 5 aromatic rings. The molecule has 0 saturated heterocycles. The Labute approximate surface area is 231 Å². The van der Waals surface area contributed by atoms with E-state index in [0.29, 0.717) is 33.0 Å². The number of rotatable bonds is 7. The Balaban J connectivity index is 1.51. The van der Waals surface area contributed by atoms with Crippen LogP contribution in [0.4, 0.5) is 22.2 Å². The fourth-order valence-electron chi connectivity index (χ4n) is 4.37. The number of anilines is 4. The maximum absolute atomic E-state index is 12.7. The highest BCUT2D eigenvalue weighted by Crippen LogP contribution is 2.38. The molecule has 8 nitrogen and oxygen atoms in total. The fourth-order valence-corrected chi connectivity index (χ4v) is 5.87. The lowest BCUT2D eigenvalue weighted by molar-refractivity contribution is 0.102. The molecule has 0 spiro atoms. The van der Waals surface area contributed by atoms with Crippen LogP contribution in [0, 0.1) is 6.92 Å². The molecular weight excluding hydrogens is 532 g/mol. The van der Waals surface area contributed by atoms with E-state index in [9.17, 15) is 17.8 Å². The molecule has 0 fully saturated rings. The zero-order chi connectivity index (χ0) is 27.7. The first-order valence-corrected chi connectivity index (χ1v) is 14.3. The van der Waals surface area contributed by atoms with Gasteiger partial charge in [0.05, 0.1) is 17.1 Å². The molecule has 0 radical (unpaired) electrons. The van der Waals surface area contributed by atoms with Crippen molar-refractivity contribution >= 4 is 60.5 Å². The maximum Gasteiger partial charge on any atom is 0.364 e. The van der Waals surface area contributed by atoms with Gasteiger partial charge in [-0.15, -0.1) is 11.3 Å². The Hall–Kier alpha value is -4.25. The lowest BCUT2D eigenvalue weighted by atomic mass is 10.1. The van der Waals surface area contributed by atoms with E-state index in [0.717, 1.165) is 20.9 Å². The SMILES string of the molecule is Cc1ccc(C(=O)Nc2nc(-c3cccc(N(c4cccc5c(N(C)C)cccc45)S(=O)(=O)O)c3)cs2)cc1. The van der Waals surface area contributed by atoms with Gasteiger partial charge in [0.15, 0.2) is 5.13 Å². The number of carbonyl (C=O) groups is 1. The van der Waals surface area contributed by atoms with E-state index in [4.69, 9.17) is 0 Å². The van der Waals surface area contributed by atoms with E-state index in [2.05, 4.69) is 10.3 Å². The largest absolute Gasteiger partial charge is 0.377 e. The zero-order valence-corrected chi connectivity index (χ0v) is 23.1. The number of hydrogen-bond donors (Lipinski definition) is 2. The van der Waals surface area contributed by atoms with E-state index < -0.39 is 10.3 Å². The summed E-state index contributed by atoms with van der Waals surface area (Å²) in [6.07, 6.45) is 0. The summed E-state index contributed by atoms with van der Waals surface area (Å²) in [5.41, 5.74) is 4.25. The number of thiazole rings is 1. The van der Waals surface area contributed by atoms with Crippen molar-refractivity contribution in [3.8, 4) is 11.3 Å². The van der Waals surface area contributed by atoms with Crippen LogP contribution in [0.2, 0.25) is 0 Å². The molecule has 5 rings (SSSR count). The molecule has 0 bridgehead atoms. The Morgan fingerprint density at radius 3 is 2.21 bits per heavy atom. The van der Waals surface area contributed by atoms with Gasteiger partial charge in [-0.1, -0.05) is 54.1 Å². The average molecular weight is 559 g/mol. The molecule has 39 heavy (non-hydrogen) atoms. The number of carbonyl (C=O) groups excluding carboxylic acids is 1. The number of hydrogen-bond acceptors (Lipinski definition) is 6. The quantitative estimate of drug-likeness (QED) is 0.220. The third kappa shape index (κ3) is 5.49. The molecule has 10 heteroatoms. The van der Waals surface area contributed by atoms with Crippen LogP contribution in [0.15, 0.2) is 90.3 Å². The smallest absolute Gasteiger partial charge is 0.364 e. The standard InChI is InChI=1S/C29H26N4O4S2/c1-19-13-15-20(16-14-19)28(34)31-29-30-25(18-38-29)21-7-4-8-22(17-21)33(39(35,36)37)27-12-6-9-23-24(27)10-5-11-26(23)32(2)3/h4-18H,1-3H3,(H,30,31,34)(H,35,36,37). The van der Waals surface area contributed by atoms with Gasteiger partial charge in [-0.25, -0.2) is 9.29 Å². The minimum atomic E-state index is -4.69. The Bertz CT molecular complexity index is 1780. The highest BCUT2D eigenvalue weighted by atomic mass is 32.2. The van der Waals surface area contributed by atoms with Gasteiger partial charge in [-0.2, -0.15) is 8.42 Å². The summed E-state index contributed by atoms with van der Waals surface area (Å²) in [5.74, 6) is -0.268. The first-order chi connectivity index (χ1) is 18.6. The minimum absolute atomic E-state index is 0.246. The summed E-state index contributed by atoms with van der Waals surface area (Å²) in [6.45, 7) is 1.95. The molecule has 1 heterocycles. The molecule has 2 N–H and O–H groups in total. The topological polar surface area (TPSA) is 103 Å². The van der Waals surface area contributed by atoms with Gasteiger partial charge >= 0.3 is 10.3 Å². The number of aromatic nitrogens is 1. The Kier molecular flexibility index (Phi) is 7.09. The maximum atomic E-state index is 12.7. The predicted molar refractivity (Wildman–Crippen MR) is 159 cm³/mol. The number of nitrogens with one attached hydrogen (secondary N) is 1. The van der Waals surface area contributed by atoms with E-state index in [1.165, 1.54) is 11.3 Å². The third-order valence-corrected chi connectivity index (χ3v) is 7.85. The summed E-state index contributed by atoms with van der Waals surface area (Å²) < 4.78 is 36.7.